The number of carbonyl (C=O) groups is 2. The maximum Gasteiger partial charge on any atom is 0.328 e. The van der Waals surface area contributed by atoms with Crippen molar-refractivity contribution in [3.63, 3.8) is 0 Å². The van der Waals surface area contributed by atoms with Crippen molar-refractivity contribution < 1.29 is 14.7 Å². The van der Waals surface area contributed by atoms with Crippen LogP contribution in [0.2, 0.25) is 5.02 Å². The first kappa shape index (κ1) is 15.2. The summed E-state index contributed by atoms with van der Waals surface area (Å²) in [7, 11) is 0. The third-order valence-corrected chi connectivity index (χ3v) is 3.65. The highest BCUT2D eigenvalue weighted by Gasteiger charge is 2.20. The number of piperazine rings is 1. The second-order valence-corrected chi connectivity index (χ2v) is 5.10. The minimum absolute atomic E-state index is 0.285. The summed E-state index contributed by atoms with van der Waals surface area (Å²) in [5.74, 6) is -1.41. The van der Waals surface area contributed by atoms with Gasteiger partial charge in [-0.1, -0.05) is 11.6 Å². The van der Waals surface area contributed by atoms with Crippen LogP contribution in [0.15, 0.2) is 30.4 Å². The Morgan fingerprint density at radius 2 is 1.86 bits per heavy atom. The Kier molecular flexibility index (Phi) is 4.70. The second-order valence-electron chi connectivity index (χ2n) is 4.69. The molecule has 0 aliphatic carbocycles. The zero-order valence-electron chi connectivity index (χ0n) is 11.3. The SMILES string of the molecule is Nc1cc(N2CCN(C(=O)/C=C/C(=O)O)CC2)ccc1Cl. The van der Waals surface area contributed by atoms with E-state index in [2.05, 4.69) is 4.90 Å². The first-order chi connectivity index (χ1) is 9.97. The number of aliphatic carboxylic acids is 1. The largest absolute Gasteiger partial charge is 0.478 e. The molecule has 0 aromatic heterocycles. The zero-order valence-corrected chi connectivity index (χ0v) is 12.1. The number of nitrogens with two attached hydrogens (primary N) is 1. The lowest BCUT2D eigenvalue weighted by Gasteiger charge is -2.35. The highest BCUT2D eigenvalue weighted by Crippen LogP contribution is 2.25. The molecule has 7 heteroatoms. The number of amides is 1. The van der Waals surface area contributed by atoms with Gasteiger partial charge >= 0.3 is 5.97 Å². The molecule has 1 aliphatic heterocycles. The predicted octanol–water partition coefficient (Wildman–Crippen LogP) is 1.21. The number of benzene rings is 1. The van der Waals surface area contributed by atoms with Crippen molar-refractivity contribution >= 4 is 34.9 Å². The smallest absolute Gasteiger partial charge is 0.328 e. The van der Waals surface area contributed by atoms with Gasteiger partial charge in [-0.3, -0.25) is 4.79 Å². The number of hydrogen-bond acceptors (Lipinski definition) is 4. The fourth-order valence-electron chi connectivity index (χ4n) is 2.16. The van der Waals surface area contributed by atoms with Gasteiger partial charge in [0.2, 0.25) is 5.91 Å². The molecule has 1 aromatic carbocycles. The van der Waals surface area contributed by atoms with E-state index < -0.39 is 5.97 Å². The summed E-state index contributed by atoms with van der Waals surface area (Å²) in [4.78, 5) is 25.9. The molecule has 21 heavy (non-hydrogen) atoms. The van der Waals surface area contributed by atoms with Gasteiger partial charge < -0.3 is 20.6 Å². The Morgan fingerprint density at radius 1 is 1.19 bits per heavy atom. The van der Waals surface area contributed by atoms with Gasteiger partial charge in [-0.25, -0.2) is 4.79 Å². The summed E-state index contributed by atoms with van der Waals surface area (Å²) in [5.41, 5.74) is 7.27. The molecule has 112 valence electrons. The van der Waals surface area contributed by atoms with Crippen molar-refractivity contribution in [3.8, 4) is 0 Å². The molecule has 2 rings (SSSR count). The predicted molar refractivity (Wildman–Crippen MR) is 81.4 cm³/mol. The van der Waals surface area contributed by atoms with Gasteiger partial charge in [0.1, 0.15) is 0 Å². The molecule has 0 spiro atoms. The van der Waals surface area contributed by atoms with Gasteiger partial charge in [0.25, 0.3) is 0 Å². The van der Waals surface area contributed by atoms with E-state index in [1.54, 1.807) is 11.0 Å². The van der Waals surface area contributed by atoms with E-state index in [1.165, 1.54) is 0 Å². The van der Waals surface area contributed by atoms with E-state index in [-0.39, 0.29) is 5.91 Å². The third kappa shape index (κ3) is 3.88. The molecule has 0 bridgehead atoms. The number of hydrogen-bond donors (Lipinski definition) is 2. The average Bonchev–Trinajstić information content (AvgIpc) is 2.48. The molecule has 1 heterocycles. The Bertz CT molecular complexity index is 581. The molecule has 3 N–H and O–H groups in total. The van der Waals surface area contributed by atoms with Crippen LogP contribution >= 0.6 is 11.6 Å². The molecule has 0 unspecified atom stereocenters. The van der Waals surface area contributed by atoms with Crippen LogP contribution < -0.4 is 10.6 Å². The summed E-state index contributed by atoms with van der Waals surface area (Å²) < 4.78 is 0. The van der Waals surface area contributed by atoms with Crippen LogP contribution in [0.3, 0.4) is 0 Å². The summed E-state index contributed by atoms with van der Waals surface area (Å²) in [6.45, 7) is 2.39. The van der Waals surface area contributed by atoms with E-state index in [9.17, 15) is 9.59 Å². The quantitative estimate of drug-likeness (QED) is 0.647. The Hall–Kier alpha value is -2.21. The molecular formula is C14H16ClN3O3. The van der Waals surface area contributed by atoms with Crippen molar-refractivity contribution in [1.82, 2.24) is 4.90 Å². The van der Waals surface area contributed by atoms with E-state index in [1.807, 2.05) is 12.1 Å². The summed E-state index contributed by atoms with van der Waals surface area (Å²) in [6, 6.07) is 5.45. The van der Waals surface area contributed by atoms with Gasteiger partial charge in [0, 0.05) is 44.0 Å². The highest BCUT2D eigenvalue weighted by molar-refractivity contribution is 6.33. The fourth-order valence-corrected chi connectivity index (χ4v) is 2.28. The third-order valence-electron chi connectivity index (χ3n) is 3.30. The van der Waals surface area contributed by atoms with E-state index >= 15 is 0 Å². The molecule has 1 aromatic rings. The van der Waals surface area contributed by atoms with Crippen LogP contribution in [0.5, 0.6) is 0 Å². The lowest BCUT2D eigenvalue weighted by Crippen LogP contribution is -2.48. The van der Waals surface area contributed by atoms with Crippen LogP contribution in [-0.4, -0.2) is 48.1 Å². The number of rotatable bonds is 3. The van der Waals surface area contributed by atoms with Crippen molar-refractivity contribution in [2.75, 3.05) is 36.8 Å². The van der Waals surface area contributed by atoms with Crippen LogP contribution in [0.4, 0.5) is 11.4 Å². The number of carboxylic acids is 1. The molecule has 6 nitrogen and oxygen atoms in total. The summed E-state index contributed by atoms with van der Waals surface area (Å²) in [5, 5.41) is 9.03. The molecule has 1 fully saturated rings. The number of anilines is 2. The standard InChI is InChI=1S/C14H16ClN3O3/c15-11-2-1-10(9-12(11)16)17-5-7-18(8-6-17)13(19)3-4-14(20)21/h1-4,9H,5-8,16H2,(H,20,21)/b4-3+. The van der Waals surface area contributed by atoms with Crippen LogP contribution in [0.25, 0.3) is 0 Å². The zero-order chi connectivity index (χ0) is 15.4. The lowest BCUT2D eigenvalue weighted by atomic mass is 10.2. The van der Waals surface area contributed by atoms with Gasteiger partial charge in [-0.15, -0.1) is 0 Å². The van der Waals surface area contributed by atoms with E-state index in [0.29, 0.717) is 36.9 Å². The van der Waals surface area contributed by atoms with Gasteiger partial charge in [-0.2, -0.15) is 0 Å². The van der Waals surface area contributed by atoms with Crippen LogP contribution in [0, 0.1) is 0 Å². The summed E-state index contributed by atoms with van der Waals surface area (Å²) >= 11 is 5.89. The molecule has 1 aliphatic rings. The Morgan fingerprint density at radius 3 is 2.43 bits per heavy atom. The Labute approximate surface area is 127 Å². The number of nitrogen functional groups attached to an aromatic ring is 1. The minimum atomic E-state index is -1.13. The first-order valence-electron chi connectivity index (χ1n) is 6.47. The van der Waals surface area contributed by atoms with E-state index in [4.69, 9.17) is 22.4 Å². The molecule has 1 saturated heterocycles. The topological polar surface area (TPSA) is 86.9 Å². The first-order valence-corrected chi connectivity index (χ1v) is 6.85. The maximum absolute atomic E-state index is 11.8. The molecule has 0 atom stereocenters. The van der Waals surface area contributed by atoms with Crippen molar-refractivity contribution in [2.45, 2.75) is 0 Å². The molecule has 1 amide bonds. The lowest BCUT2D eigenvalue weighted by molar-refractivity contribution is -0.132. The van der Waals surface area contributed by atoms with Crippen molar-refractivity contribution in [3.05, 3.63) is 35.4 Å². The van der Waals surface area contributed by atoms with Crippen LogP contribution in [-0.2, 0) is 9.59 Å². The molecular weight excluding hydrogens is 294 g/mol. The normalized spacial score (nSPS) is 15.5. The maximum atomic E-state index is 11.8. The number of nitrogens with zero attached hydrogens (tertiary/aromatic N) is 2. The van der Waals surface area contributed by atoms with Crippen molar-refractivity contribution in [2.24, 2.45) is 0 Å². The fraction of sp³-hybridized carbons (Fsp3) is 0.286. The molecule has 0 radical (unpaired) electrons. The van der Waals surface area contributed by atoms with Crippen LogP contribution in [0.1, 0.15) is 0 Å². The molecule has 0 saturated carbocycles. The Balaban J connectivity index is 1.95. The second kappa shape index (κ2) is 6.49. The van der Waals surface area contributed by atoms with Gasteiger partial charge in [-0.05, 0) is 18.2 Å². The number of carboxylic acid groups (broad SMARTS) is 1. The van der Waals surface area contributed by atoms with Gasteiger partial charge in [0.05, 0.1) is 10.7 Å². The highest BCUT2D eigenvalue weighted by atomic mass is 35.5. The monoisotopic (exact) mass is 309 g/mol. The van der Waals surface area contributed by atoms with E-state index in [0.717, 1.165) is 17.8 Å². The minimum Gasteiger partial charge on any atom is -0.478 e. The summed E-state index contributed by atoms with van der Waals surface area (Å²) in [6.07, 6.45) is 1.94. The number of halogens is 1. The van der Waals surface area contributed by atoms with Crippen molar-refractivity contribution in [1.29, 1.82) is 0 Å². The average molecular weight is 310 g/mol. The number of carbonyl (C=O) groups excluding carboxylic acids is 1. The van der Waals surface area contributed by atoms with Gasteiger partial charge in [0.15, 0.2) is 0 Å².